The summed E-state index contributed by atoms with van der Waals surface area (Å²) in [5.41, 5.74) is 0.580. The third-order valence-corrected chi connectivity index (χ3v) is 3.67. The molecule has 9 heteroatoms. The quantitative estimate of drug-likeness (QED) is 0.769. The molecule has 0 spiro atoms. The van der Waals surface area contributed by atoms with Crippen LogP contribution in [0.5, 0.6) is 5.75 Å². The number of Topliss-reactive ketones (excluding diaryl/α,β-unsaturated/α-hetero) is 1. The van der Waals surface area contributed by atoms with Gasteiger partial charge in [-0.05, 0) is 26.0 Å². The number of pyridine rings is 1. The molecule has 0 radical (unpaired) electrons. The molecule has 0 amide bonds. The second-order valence-corrected chi connectivity index (χ2v) is 5.51. The Bertz CT molecular complexity index is 799. The smallest absolute Gasteiger partial charge is 0.392 e. The average Bonchev–Trinajstić information content (AvgIpc) is 2.82. The molecule has 1 atom stereocenters. The summed E-state index contributed by atoms with van der Waals surface area (Å²) in [7, 11) is 0. The van der Waals surface area contributed by atoms with E-state index in [0.29, 0.717) is 18.0 Å². The normalized spacial score (nSPS) is 13.0. The molecule has 2 aromatic rings. The topological polar surface area (TPSA) is 80.9 Å². The summed E-state index contributed by atoms with van der Waals surface area (Å²) in [6.07, 6.45) is -5.39. The second-order valence-electron chi connectivity index (χ2n) is 5.51. The van der Waals surface area contributed by atoms with Crippen molar-refractivity contribution in [2.24, 2.45) is 5.92 Å². The summed E-state index contributed by atoms with van der Waals surface area (Å²) in [5, 5.41) is 8.67. The molecule has 2 aromatic heterocycles. The Kier molecular flexibility index (Phi) is 5.34. The number of carboxylic acid groups (broad SMARTS) is 1. The number of rotatable bonds is 7. The van der Waals surface area contributed by atoms with E-state index in [1.165, 1.54) is 17.5 Å². The summed E-state index contributed by atoms with van der Waals surface area (Å²) >= 11 is 0. The van der Waals surface area contributed by atoms with E-state index in [4.69, 9.17) is 9.84 Å². The van der Waals surface area contributed by atoms with Crippen molar-refractivity contribution in [2.75, 3.05) is 6.61 Å². The first-order chi connectivity index (χ1) is 11.6. The number of carbonyl (C=O) groups excluding carboxylic acids is 1. The van der Waals surface area contributed by atoms with Crippen molar-refractivity contribution in [2.45, 2.75) is 32.9 Å². The zero-order valence-electron chi connectivity index (χ0n) is 13.6. The van der Waals surface area contributed by atoms with Crippen LogP contribution in [0.15, 0.2) is 18.3 Å². The van der Waals surface area contributed by atoms with Gasteiger partial charge < -0.3 is 9.84 Å². The molecule has 1 N–H and O–H groups in total. The highest BCUT2D eigenvalue weighted by atomic mass is 19.4. The van der Waals surface area contributed by atoms with Crippen LogP contribution in [0.25, 0.3) is 5.65 Å². The number of hydrogen-bond acceptors (Lipinski definition) is 4. The van der Waals surface area contributed by atoms with Crippen molar-refractivity contribution >= 4 is 17.4 Å². The highest BCUT2D eigenvalue weighted by Crippen LogP contribution is 2.33. The largest absolute Gasteiger partial charge is 0.490 e. The molecule has 6 nitrogen and oxygen atoms in total. The lowest BCUT2D eigenvalue weighted by Gasteiger charge is -2.17. The van der Waals surface area contributed by atoms with Crippen LogP contribution in [-0.2, 0) is 4.79 Å². The number of imidazole rings is 1. The molecule has 2 rings (SSSR count). The summed E-state index contributed by atoms with van der Waals surface area (Å²) in [5.74, 6) is -4.27. The van der Waals surface area contributed by atoms with E-state index < -0.39 is 36.7 Å². The maximum absolute atomic E-state index is 13.0. The zero-order valence-corrected chi connectivity index (χ0v) is 13.6. The number of ether oxygens (including phenoxy) is 1. The number of nitrogens with zero attached hydrogens (tertiary/aromatic N) is 2. The monoisotopic (exact) mass is 358 g/mol. The van der Waals surface area contributed by atoms with Crippen molar-refractivity contribution in [3.63, 3.8) is 0 Å². The molecule has 0 aliphatic rings. The SMILES string of the molecule is CCOc1cccn2c(C(=O)CC(CC(=O)O)C(F)(F)F)c(C)nc12. The predicted molar refractivity (Wildman–Crippen MR) is 81.8 cm³/mol. The first kappa shape index (κ1) is 18.8. The maximum atomic E-state index is 13.0. The van der Waals surface area contributed by atoms with Crippen LogP contribution < -0.4 is 4.74 Å². The van der Waals surface area contributed by atoms with Crippen LogP contribution in [0, 0.1) is 12.8 Å². The fourth-order valence-electron chi connectivity index (χ4n) is 2.60. The molecule has 2 heterocycles. The van der Waals surface area contributed by atoms with E-state index >= 15 is 0 Å². The number of aryl methyl sites for hydroxylation is 1. The molecule has 0 aromatic carbocycles. The van der Waals surface area contributed by atoms with Gasteiger partial charge in [0.1, 0.15) is 5.69 Å². The Morgan fingerprint density at radius 2 is 2.04 bits per heavy atom. The van der Waals surface area contributed by atoms with Crippen LogP contribution in [0.1, 0.15) is 35.9 Å². The number of aliphatic carboxylic acids is 1. The molecule has 136 valence electrons. The predicted octanol–water partition coefficient (Wildman–Crippen LogP) is 3.27. The van der Waals surface area contributed by atoms with Crippen molar-refractivity contribution in [3.8, 4) is 5.75 Å². The fraction of sp³-hybridized carbons (Fsp3) is 0.438. The number of alkyl halides is 3. The van der Waals surface area contributed by atoms with Crippen LogP contribution in [0.4, 0.5) is 13.2 Å². The molecule has 0 bridgehead atoms. The minimum absolute atomic E-state index is 0.00353. The molecule has 25 heavy (non-hydrogen) atoms. The molecular weight excluding hydrogens is 341 g/mol. The van der Waals surface area contributed by atoms with Crippen molar-refractivity contribution in [3.05, 3.63) is 29.7 Å². The van der Waals surface area contributed by atoms with Gasteiger partial charge >= 0.3 is 12.1 Å². The van der Waals surface area contributed by atoms with E-state index in [9.17, 15) is 22.8 Å². The molecule has 0 saturated carbocycles. The first-order valence-corrected chi connectivity index (χ1v) is 7.57. The Morgan fingerprint density at radius 1 is 1.36 bits per heavy atom. The van der Waals surface area contributed by atoms with Gasteiger partial charge in [-0.2, -0.15) is 13.2 Å². The van der Waals surface area contributed by atoms with E-state index in [-0.39, 0.29) is 11.4 Å². The number of halogens is 3. The molecule has 0 saturated heterocycles. The number of fused-ring (bicyclic) bond motifs is 1. The van der Waals surface area contributed by atoms with Gasteiger partial charge in [0, 0.05) is 12.6 Å². The first-order valence-electron chi connectivity index (χ1n) is 7.57. The van der Waals surface area contributed by atoms with Gasteiger partial charge in [0.2, 0.25) is 0 Å². The summed E-state index contributed by atoms with van der Waals surface area (Å²) in [6.45, 7) is 3.64. The highest BCUT2D eigenvalue weighted by molar-refractivity contribution is 5.97. The van der Waals surface area contributed by atoms with Gasteiger partial charge in [-0.1, -0.05) is 0 Å². The Balaban J connectivity index is 2.40. The van der Waals surface area contributed by atoms with Crippen molar-refractivity contribution in [1.82, 2.24) is 9.38 Å². The Morgan fingerprint density at radius 3 is 2.60 bits per heavy atom. The van der Waals surface area contributed by atoms with Crippen LogP contribution >= 0.6 is 0 Å². The minimum atomic E-state index is -4.78. The van der Waals surface area contributed by atoms with Gasteiger partial charge in [-0.25, -0.2) is 4.98 Å². The zero-order chi connectivity index (χ0) is 18.8. The average molecular weight is 358 g/mol. The lowest BCUT2D eigenvalue weighted by molar-refractivity contribution is -0.182. The van der Waals surface area contributed by atoms with Gasteiger partial charge in [0.25, 0.3) is 0 Å². The molecule has 0 aliphatic carbocycles. The van der Waals surface area contributed by atoms with Gasteiger partial charge in [0.05, 0.1) is 24.6 Å². The highest BCUT2D eigenvalue weighted by Gasteiger charge is 2.42. The van der Waals surface area contributed by atoms with E-state index in [1.807, 2.05) is 0 Å². The molecular formula is C16H17F3N2O4. The minimum Gasteiger partial charge on any atom is -0.490 e. The lowest BCUT2D eigenvalue weighted by Crippen LogP contribution is -2.28. The van der Waals surface area contributed by atoms with Gasteiger partial charge in [-0.15, -0.1) is 0 Å². The third-order valence-electron chi connectivity index (χ3n) is 3.67. The number of hydrogen-bond donors (Lipinski definition) is 1. The third kappa shape index (κ3) is 4.09. The van der Waals surface area contributed by atoms with Gasteiger partial charge in [-0.3, -0.25) is 14.0 Å². The maximum Gasteiger partial charge on any atom is 0.392 e. The lowest BCUT2D eigenvalue weighted by atomic mass is 9.96. The van der Waals surface area contributed by atoms with Gasteiger partial charge in [0.15, 0.2) is 17.2 Å². The van der Waals surface area contributed by atoms with E-state index in [0.717, 1.165) is 0 Å². The van der Waals surface area contributed by atoms with Crippen LogP contribution in [0.3, 0.4) is 0 Å². The Labute approximate surface area is 141 Å². The number of aromatic nitrogens is 2. The van der Waals surface area contributed by atoms with E-state index in [2.05, 4.69) is 4.98 Å². The number of ketones is 1. The summed E-state index contributed by atoms with van der Waals surface area (Å²) in [6, 6.07) is 3.23. The molecule has 0 aliphatic heterocycles. The van der Waals surface area contributed by atoms with Crippen LogP contribution in [0.2, 0.25) is 0 Å². The second kappa shape index (κ2) is 7.12. The van der Waals surface area contributed by atoms with E-state index in [1.54, 1.807) is 19.1 Å². The fourth-order valence-corrected chi connectivity index (χ4v) is 2.60. The van der Waals surface area contributed by atoms with Crippen LogP contribution in [-0.4, -0.2) is 39.0 Å². The summed E-state index contributed by atoms with van der Waals surface area (Å²) in [4.78, 5) is 27.3. The summed E-state index contributed by atoms with van der Waals surface area (Å²) < 4.78 is 45.8. The Hall–Kier alpha value is -2.58. The number of carbonyl (C=O) groups is 2. The number of carboxylic acids is 1. The standard InChI is InChI=1S/C16H17F3N2O4/c1-3-25-12-5-4-6-21-14(9(2)20-15(12)21)11(22)7-10(8-13(23)24)16(17,18)19/h4-6,10H,3,7-8H2,1-2H3,(H,23,24). The molecule has 1 unspecified atom stereocenters. The molecule has 0 fully saturated rings. The van der Waals surface area contributed by atoms with Crippen molar-refractivity contribution < 1.29 is 32.6 Å². The van der Waals surface area contributed by atoms with Crippen molar-refractivity contribution in [1.29, 1.82) is 0 Å².